The molecule has 0 fully saturated rings. The fraction of sp³-hybridized carbons (Fsp3) is 0.429. The summed E-state index contributed by atoms with van der Waals surface area (Å²) in [7, 11) is -1.74. The van der Waals surface area contributed by atoms with Crippen molar-refractivity contribution in [2.75, 3.05) is 0 Å². The first-order chi connectivity index (χ1) is 7.68. The van der Waals surface area contributed by atoms with Crippen molar-refractivity contribution >= 4 is 13.5 Å². The molecule has 1 aliphatic rings. The normalized spacial score (nSPS) is 16.8. The van der Waals surface area contributed by atoms with Crippen molar-refractivity contribution in [2.45, 2.75) is 38.8 Å². The Morgan fingerprint density at radius 3 is 2.44 bits per heavy atom. The lowest BCUT2D eigenvalue weighted by atomic mass is 10.1. The minimum absolute atomic E-state index is 1.13. The van der Waals surface area contributed by atoms with Crippen LogP contribution in [0.4, 0.5) is 0 Å². The molecule has 2 rings (SSSR count). The lowest BCUT2D eigenvalue weighted by Gasteiger charge is -2.27. The number of benzene rings is 1. The molecule has 86 valence electrons. The van der Waals surface area contributed by atoms with Gasteiger partial charge in [0.1, 0.15) is 0 Å². The number of hydrogen-bond acceptors (Lipinski definition) is 1. The van der Waals surface area contributed by atoms with Crippen molar-refractivity contribution in [1.82, 2.24) is 0 Å². The predicted octanol–water partition coefficient (Wildman–Crippen LogP) is 3.57. The van der Waals surface area contributed by atoms with Gasteiger partial charge in [-0.15, -0.1) is 0 Å². The summed E-state index contributed by atoms with van der Waals surface area (Å²) in [4.78, 5) is 0. The van der Waals surface area contributed by atoms with E-state index in [2.05, 4.69) is 49.5 Å². The summed E-state index contributed by atoms with van der Waals surface area (Å²) in [6, 6.07) is 10.6. The molecule has 1 aromatic rings. The van der Waals surface area contributed by atoms with Crippen molar-refractivity contribution in [3.8, 4) is 0 Å². The molecule has 0 heterocycles. The molecule has 1 nitrogen and oxygen atoms in total. The van der Waals surface area contributed by atoms with E-state index in [1.165, 1.54) is 30.2 Å². The van der Waals surface area contributed by atoms with Crippen LogP contribution in [-0.2, 0) is 4.43 Å². The van der Waals surface area contributed by atoms with Crippen molar-refractivity contribution in [2.24, 2.45) is 0 Å². The summed E-state index contributed by atoms with van der Waals surface area (Å²) >= 11 is 0. The summed E-state index contributed by atoms with van der Waals surface area (Å²) < 4.78 is 6.26. The molecule has 2 heteroatoms. The van der Waals surface area contributed by atoms with E-state index in [-0.39, 0.29) is 0 Å². The van der Waals surface area contributed by atoms with E-state index in [1.807, 2.05) is 0 Å². The largest absolute Gasteiger partial charge is 0.543 e. The highest BCUT2D eigenvalue weighted by Crippen LogP contribution is 2.22. The van der Waals surface area contributed by atoms with Crippen LogP contribution < -0.4 is 5.19 Å². The number of hydrogen-bond donors (Lipinski definition) is 0. The first-order valence-electron chi connectivity index (χ1n) is 6.12. The van der Waals surface area contributed by atoms with Gasteiger partial charge in [-0.3, -0.25) is 0 Å². The van der Waals surface area contributed by atoms with Crippen LogP contribution in [0, 0.1) is 0 Å². The fourth-order valence-electron chi connectivity index (χ4n) is 2.13. The predicted molar refractivity (Wildman–Crippen MR) is 71.2 cm³/mol. The number of allylic oxidation sites excluding steroid dienone is 2. The van der Waals surface area contributed by atoms with Crippen LogP contribution in [0.3, 0.4) is 0 Å². The molecule has 0 saturated heterocycles. The molecule has 0 aliphatic heterocycles. The summed E-state index contributed by atoms with van der Waals surface area (Å²) in [5.41, 5.74) is 0. The summed E-state index contributed by atoms with van der Waals surface area (Å²) in [6.07, 6.45) is 7.20. The molecule has 0 amide bonds. The van der Waals surface area contributed by atoms with Gasteiger partial charge in [0, 0.05) is 6.42 Å². The van der Waals surface area contributed by atoms with E-state index < -0.39 is 8.32 Å². The summed E-state index contributed by atoms with van der Waals surface area (Å²) in [5, 5.41) is 1.38. The quantitative estimate of drug-likeness (QED) is 0.724. The van der Waals surface area contributed by atoms with Crippen LogP contribution in [0.2, 0.25) is 13.1 Å². The van der Waals surface area contributed by atoms with Crippen molar-refractivity contribution in [3.63, 3.8) is 0 Å². The lowest BCUT2D eigenvalue weighted by Crippen LogP contribution is -2.44. The van der Waals surface area contributed by atoms with Gasteiger partial charge in [-0.05, 0) is 43.6 Å². The maximum Gasteiger partial charge on any atom is 0.276 e. The maximum absolute atomic E-state index is 6.26. The Bertz CT molecular complexity index is 368. The second-order valence-electron chi connectivity index (χ2n) is 4.89. The Morgan fingerprint density at radius 2 is 1.81 bits per heavy atom. The van der Waals surface area contributed by atoms with Gasteiger partial charge in [0.25, 0.3) is 8.32 Å². The Balaban J connectivity index is 2.10. The van der Waals surface area contributed by atoms with Crippen LogP contribution in [-0.4, -0.2) is 8.32 Å². The zero-order valence-electron chi connectivity index (χ0n) is 10.2. The molecule has 0 saturated carbocycles. The van der Waals surface area contributed by atoms with Gasteiger partial charge in [0.15, 0.2) is 0 Å². The van der Waals surface area contributed by atoms with E-state index in [9.17, 15) is 0 Å². The van der Waals surface area contributed by atoms with Crippen LogP contribution >= 0.6 is 0 Å². The molecular weight excluding hydrogens is 212 g/mol. The van der Waals surface area contributed by atoms with Gasteiger partial charge < -0.3 is 4.43 Å². The smallest absolute Gasteiger partial charge is 0.276 e. The van der Waals surface area contributed by atoms with Gasteiger partial charge >= 0.3 is 0 Å². The average molecular weight is 232 g/mol. The van der Waals surface area contributed by atoms with Crippen LogP contribution in [0.15, 0.2) is 42.2 Å². The summed E-state index contributed by atoms with van der Waals surface area (Å²) in [5.74, 6) is 1.23. The molecular formula is C14H20OSi. The highest BCUT2D eigenvalue weighted by Gasteiger charge is 2.27. The molecule has 16 heavy (non-hydrogen) atoms. The molecule has 1 aliphatic carbocycles. The van der Waals surface area contributed by atoms with E-state index in [1.54, 1.807) is 0 Å². The van der Waals surface area contributed by atoms with Crippen molar-refractivity contribution in [1.29, 1.82) is 0 Å². The number of rotatable bonds is 3. The van der Waals surface area contributed by atoms with Gasteiger partial charge in [0.05, 0.1) is 5.76 Å². The van der Waals surface area contributed by atoms with Gasteiger partial charge in [-0.2, -0.15) is 0 Å². The third-order valence-corrected chi connectivity index (χ3v) is 5.60. The second kappa shape index (κ2) is 4.87. The second-order valence-corrected chi connectivity index (χ2v) is 8.70. The molecule has 0 atom stereocenters. The fourth-order valence-corrected chi connectivity index (χ4v) is 4.08. The molecule has 0 spiro atoms. The van der Waals surface area contributed by atoms with Crippen molar-refractivity contribution in [3.05, 3.63) is 42.2 Å². The Labute approximate surface area is 99.3 Å². The molecule has 0 unspecified atom stereocenters. The van der Waals surface area contributed by atoms with Crippen LogP contribution in [0.1, 0.15) is 25.7 Å². The Morgan fingerprint density at radius 1 is 1.06 bits per heavy atom. The van der Waals surface area contributed by atoms with E-state index >= 15 is 0 Å². The average Bonchev–Trinajstić information content (AvgIpc) is 2.31. The minimum Gasteiger partial charge on any atom is -0.543 e. The SMILES string of the molecule is C[Si](C)(OC1=CCCCC1)c1ccccc1. The van der Waals surface area contributed by atoms with Crippen LogP contribution in [0.25, 0.3) is 0 Å². The monoisotopic (exact) mass is 232 g/mol. The highest BCUT2D eigenvalue weighted by molar-refractivity contribution is 6.84. The first kappa shape index (κ1) is 11.5. The Kier molecular flexibility index (Phi) is 3.49. The van der Waals surface area contributed by atoms with E-state index in [0.29, 0.717) is 0 Å². The summed E-state index contributed by atoms with van der Waals surface area (Å²) in [6.45, 7) is 4.55. The maximum atomic E-state index is 6.26. The topological polar surface area (TPSA) is 9.23 Å². The molecule has 0 N–H and O–H groups in total. The van der Waals surface area contributed by atoms with Crippen molar-refractivity contribution < 1.29 is 4.43 Å². The van der Waals surface area contributed by atoms with Gasteiger partial charge in [0.2, 0.25) is 0 Å². The Hall–Kier alpha value is -1.02. The molecule has 0 radical (unpaired) electrons. The highest BCUT2D eigenvalue weighted by atomic mass is 28.4. The molecule has 0 aromatic heterocycles. The zero-order chi connectivity index (χ0) is 11.4. The first-order valence-corrected chi connectivity index (χ1v) is 9.03. The zero-order valence-corrected chi connectivity index (χ0v) is 11.2. The minimum atomic E-state index is -1.74. The van der Waals surface area contributed by atoms with E-state index in [4.69, 9.17) is 4.43 Å². The van der Waals surface area contributed by atoms with Crippen LogP contribution in [0.5, 0.6) is 0 Å². The van der Waals surface area contributed by atoms with E-state index in [0.717, 1.165) is 6.42 Å². The third-order valence-electron chi connectivity index (χ3n) is 3.10. The van der Waals surface area contributed by atoms with Gasteiger partial charge in [-0.25, -0.2) is 0 Å². The van der Waals surface area contributed by atoms with Gasteiger partial charge in [-0.1, -0.05) is 30.3 Å². The molecule has 0 bridgehead atoms. The third kappa shape index (κ3) is 2.76. The lowest BCUT2D eigenvalue weighted by molar-refractivity contribution is 0.384. The standard InChI is InChI=1S/C14H20OSi/c1-16(2,14-11-7-4-8-12-14)15-13-9-5-3-6-10-13/h4,7-9,11-12H,3,5-6,10H2,1-2H3. The molecule has 1 aromatic carbocycles.